The lowest BCUT2D eigenvalue weighted by molar-refractivity contribution is -0.142. The standard InChI is InChI=1S/C26H32N4O2S/c1-3-4-9-29-23(32)20-7-5-6-8-21(20)30-24(29)27-28-25(30)33-16(2)22(31)26-13-17-10-18(14-26)12-19(11-17)15-26/h5-8,16-19H,3-4,9-15H2,1-2H3. The fourth-order valence-electron chi connectivity index (χ4n) is 7.38. The minimum absolute atomic E-state index is 0.0202. The highest BCUT2D eigenvalue weighted by Gasteiger charge is 2.55. The Kier molecular flexibility index (Phi) is 5.16. The van der Waals surface area contributed by atoms with Crippen LogP contribution in [0.15, 0.2) is 34.2 Å². The maximum Gasteiger partial charge on any atom is 0.262 e. The average molecular weight is 465 g/mol. The summed E-state index contributed by atoms with van der Waals surface area (Å²) in [6.45, 7) is 4.78. The molecule has 174 valence electrons. The summed E-state index contributed by atoms with van der Waals surface area (Å²) >= 11 is 1.51. The van der Waals surface area contributed by atoms with Gasteiger partial charge in [-0.3, -0.25) is 18.6 Å². The Hall–Kier alpha value is -2.15. The maximum absolute atomic E-state index is 13.9. The summed E-state index contributed by atoms with van der Waals surface area (Å²) < 4.78 is 3.73. The normalized spacial score (nSPS) is 29.2. The van der Waals surface area contributed by atoms with Gasteiger partial charge in [0.15, 0.2) is 10.9 Å². The number of aryl methyl sites for hydroxylation is 1. The number of nitrogens with zero attached hydrogens (tertiary/aromatic N) is 4. The van der Waals surface area contributed by atoms with Crippen molar-refractivity contribution in [2.75, 3.05) is 0 Å². The first kappa shape index (κ1) is 21.4. The van der Waals surface area contributed by atoms with E-state index in [2.05, 4.69) is 17.1 Å². The van der Waals surface area contributed by atoms with Gasteiger partial charge in [-0.05, 0) is 81.8 Å². The van der Waals surface area contributed by atoms with Gasteiger partial charge in [0.1, 0.15) is 0 Å². The van der Waals surface area contributed by atoms with E-state index < -0.39 is 0 Å². The lowest BCUT2D eigenvalue weighted by atomic mass is 9.48. The zero-order valence-corrected chi connectivity index (χ0v) is 20.3. The number of benzene rings is 1. The topological polar surface area (TPSA) is 69.3 Å². The van der Waals surface area contributed by atoms with Crippen molar-refractivity contribution in [1.29, 1.82) is 0 Å². The fourth-order valence-corrected chi connectivity index (χ4v) is 8.43. The quantitative estimate of drug-likeness (QED) is 0.455. The van der Waals surface area contributed by atoms with E-state index in [9.17, 15) is 9.59 Å². The van der Waals surface area contributed by atoms with Crippen LogP contribution in [0.4, 0.5) is 0 Å². The van der Waals surface area contributed by atoms with Crippen LogP contribution < -0.4 is 5.56 Å². The van der Waals surface area contributed by atoms with Crippen LogP contribution in [0.2, 0.25) is 0 Å². The van der Waals surface area contributed by atoms with Gasteiger partial charge in [-0.1, -0.05) is 37.2 Å². The Morgan fingerprint density at radius 2 is 1.79 bits per heavy atom. The highest BCUT2D eigenvalue weighted by Crippen LogP contribution is 2.61. The molecule has 7 rings (SSSR count). The minimum atomic E-state index is -0.177. The summed E-state index contributed by atoms with van der Waals surface area (Å²) in [5.41, 5.74) is 0.674. The number of para-hydroxylation sites is 1. The summed E-state index contributed by atoms with van der Waals surface area (Å²) in [7, 11) is 0. The first-order valence-corrected chi connectivity index (χ1v) is 13.4. The molecule has 4 fully saturated rings. The second-order valence-corrected chi connectivity index (χ2v) is 12.1. The Morgan fingerprint density at radius 1 is 1.12 bits per heavy atom. The van der Waals surface area contributed by atoms with Crippen molar-refractivity contribution in [3.05, 3.63) is 34.6 Å². The van der Waals surface area contributed by atoms with E-state index in [0.717, 1.165) is 55.4 Å². The van der Waals surface area contributed by atoms with Gasteiger partial charge in [-0.25, -0.2) is 0 Å². The van der Waals surface area contributed by atoms with Crippen molar-refractivity contribution in [2.45, 2.75) is 82.2 Å². The van der Waals surface area contributed by atoms with E-state index in [1.54, 1.807) is 4.57 Å². The molecule has 0 saturated heterocycles. The van der Waals surface area contributed by atoms with Crippen LogP contribution in [0.5, 0.6) is 0 Å². The molecule has 2 aromatic heterocycles. The molecule has 0 aliphatic heterocycles. The molecule has 7 heteroatoms. The van der Waals surface area contributed by atoms with Crippen molar-refractivity contribution in [1.82, 2.24) is 19.2 Å². The summed E-state index contributed by atoms with van der Waals surface area (Å²) in [5.74, 6) is 3.24. The SMILES string of the molecule is CCCCn1c(=O)c2ccccc2n2c(SC(C)C(=O)C34CC5CC(CC(C5)C3)C4)nnc12. The molecular weight excluding hydrogens is 432 g/mol. The Morgan fingerprint density at radius 3 is 2.45 bits per heavy atom. The van der Waals surface area contributed by atoms with E-state index in [4.69, 9.17) is 0 Å². The Labute approximate surface area is 198 Å². The third-order valence-electron chi connectivity index (χ3n) is 8.43. The number of hydrogen-bond acceptors (Lipinski definition) is 5. The number of ketones is 1. The van der Waals surface area contributed by atoms with Gasteiger partial charge >= 0.3 is 0 Å². The van der Waals surface area contributed by atoms with Crippen molar-refractivity contribution in [2.24, 2.45) is 23.2 Å². The molecule has 3 aromatic rings. The Bertz CT molecular complexity index is 1260. The first-order valence-electron chi connectivity index (χ1n) is 12.6. The second-order valence-electron chi connectivity index (χ2n) is 10.8. The molecule has 1 atom stereocenters. The van der Waals surface area contributed by atoms with Gasteiger partial charge < -0.3 is 0 Å². The lowest BCUT2D eigenvalue weighted by Gasteiger charge is -2.56. The molecule has 1 unspecified atom stereocenters. The number of unbranched alkanes of at least 4 members (excludes halogenated alkanes) is 1. The largest absolute Gasteiger partial charge is 0.298 e. The number of fused-ring (bicyclic) bond motifs is 3. The predicted molar refractivity (Wildman–Crippen MR) is 131 cm³/mol. The summed E-state index contributed by atoms with van der Waals surface area (Å²) in [6.07, 6.45) is 9.18. The van der Waals surface area contributed by atoms with Crippen molar-refractivity contribution >= 4 is 34.2 Å². The van der Waals surface area contributed by atoms with Crippen LogP contribution in [0, 0.1) is 23.2 Å². The van der Waals surface area contributed by atoms with E-state index in [-0.39, 0.29) is 16.2 Å². The van der Waals surface area contributed by atoms with Crippen molar-refractivity contribution in [3.8, 4) is 0 Å². The summed E-state index contributed by atoms with van der Waals surface area (Å²) in [5, 5.41) is 10.1. The zero-order chi connectivity index (χ0) is 22.7. The van der Waals surface area contributed by atoms with E-state index in [1.807, 2.05) is 35.6 Å². The van der Waals surface area contributed by atoms with Crippen LogP contribution in [0.3, 0.4) is 0 Å². The van der Waals surface area contributed by atoms with Gasteiger partial charge in [0, 0.05) is 12.0 Å². The van der Waals surface area contributed by atoms with Gasteiger partial charge in [-0.15, -0.1) is 10.2 Å². The minimum Gasteiger partial charge on any atom is -0.298 e. The number of carbonyl (C=O) groups is 1. The molecule has 4 aliphatic rings. The van der Waals surface area contributed by atoms with Crippen LogP contribution in [-0.2, 0) is 11.3 Å². The molecular formula is C26H32N4O2S. The van der Waals surface area contributed by atoms with Gasteiger partial charge in [0.25, 0.3) is 5.56 Å². The molecule has 4 bridgehead atoms. The monoisotopic (exact) mass is 464 g/mol. The van der Waals surface area contributed by atoms with E-state index in [0.29, 0.717) is 28.6 Å². The van der Waals surface area contributed by atoms with Crippen LogP contribution in [0.25, 0.3) is 16.7 Å². The number of carbonyl (C=O) groups excluding carboxylic acids is 1. The van der Waals surface area contributed by atoms with Crippen molar-refractivity contribution < 1.29 is 4.79 Å². The number of thioether (sulfide) groups is 1. The molecule has 0 radical (unpaired) electrons. The first-order chi connectivity index (χ1) is 16.0. The molecule has 33 heavy (non-hydrogen) atoms. The van der Waals surface area contributed by atoms with E-state index >= 15 is 0 Å². The zero-order valence-electron chi connectivity index (χ0n) is 19.5. The van der Waals surface area contributed by atoms with E-state index in [1.165, 1.54) is 31.0 Å². The summed E-state index contributed by atoms with van der Waals surface area (Å²) in [6, 6.07) is 7.66. The molecule has 0 spiro atoms. The Balaban J connectivity index is 1.37. The number of hydrogen-bond donors (Lipinski definition) is 0. The number of aromatic nitrogens is 4. The van der Waals surface area contributed by atoms with Crippen LogP contribution in [-0.4, -0.2) is 30.2 Å². The molecule has 0 N–H and O–H groups in total. The molecule has 4 saturated carbocycles. The van der Waals surface area contributed by atoms with Crippen molar-refractivity contribution in [3.63, 3.8) is 0 Å². The molecule has 6 nitrogen and oxygen atoms in total. The summed E-state index contributed by atoms with van der Waals surface area (Å²) in [4.78, 5) is 27.0. The predicted octanol–water partition coefficient (Wildman–Crippen LogP) is 5.11. The average Bonchev–Trinajstić information content (AvgIpc) is 3.21. The maximum atomic E-state index is 13.9. The molecule has 4 aliphatic carbocycles. The lowest BCUT2D eigenvalue weighted by Crippen LogP contribution is -2.51. The van der Waals surface area contributed by atoms with Gasteiger partial charge in [-0.2, -0.15) is 0 Å². The molecule has 1 aromatic carbocycles. The third kappa shape index (κ3) is 3.37. The third-order valence-corrected chi connectivity index (χ3v) is 9.47. The highest BCUT2D eigenvalue weighted by atomic mass is 32.2. The fraction of sp³-hybridized carbons (Fsp3) is 0.615. The number of Topliss-reactive ketones (excluding diaryl/α,β-unsaturated/α-hetero) is 1. The van der Waals surface area contributed by atoms with Gasteiger partial charge in [0.2, 0.25) is 5.78 Å². The number of rotatable bonds is 7. The molecule has 0 amide bonds. The second kappa shape index (κ2) is 7.97. The smallest absolute Gasteiger partial charge is 0.262 e. The van der Waals surface area contributed by atoms with Gasteiger partial charge in [0.05, 0.1) is 16.2 Å². The van der Waals surface area contributed by atoms with Crippen LogP contribution in [0.1, 0.15) is 65.2 Å². The highest BCUT2D eigenvalue weighted by molar-refractivity contribution is 8.00. The van der Waals surface area contributed by atoms with Crippen LogP contribution >= 0.6 is 11.8 Å². The molecule has 2 heterocycles.